The van der Waals surface area contributed by atoms with Crippen molar-refractivity contribution < 1.29 is 14.3 Å². The van der Waals surface area contributed by atoms with Crippen LogP contribution in [0.4, 0.5) is 0 Å². The van der Waals surface area contributed by atoms with Gasteiger partial charge in [-0.3, -0.25) is 9.59 Å². The first kappa shape index (κ1) is 19.2. The van der Waals surface area contributed by atoms with E-state index >= 15 is 0 Å². The van der Waals surface area contributed by atoms with E-state index in [9.17, 15) is 9.59 Å². The van der Waals surface area contributed by atoms with Gasteiger partial charge in [-0.2, -0.15) is 0 Å². The molecule has 6 heteroatoms. The van der Waals surface area contributed by atoms with Crippen LogP contribution in [0.25, 0.3) is 0 Å². The van der Waals surface area contributed by atoms with Crippen LogP contribution in [0.1, 0.15) is 40.0 Å². The number of carbonyl (C=O) groups excluding carboxylic acids is 2. The molecule has 0 saturated carbocycles. The van der Waals surface area contributed by atoms with Gasteiger partial charge >= 0.3 is 5.97 Å². The Morgan fingerprint density at radius 2 is 2.00 bits per heavy atom. The van der Waals surface area contributed by atoms with Gasteiger partial charge in [0.25, 0.3) is 0 Å². The largest absolute Gasteiger partial charge is 0.469 e. The fourth-order valence-corrected chi connectivity index (χ4v) is 2.66. The van der Waals surface area contributed by atoms with Gasteiger partial charge in [-0.05, 0) is 19.3 Å². The molecule has 1 unspecified atom stereocenters. The highest BCUT2D eigenvalue weighted by Gasteiger charge is 2.25. The number of imidazole rings is 1. The molecular weight excluding hydrogens is 294 g/mol. The lowest BCUT2D eigenvalue weighted by atomic mass is 10.0. The fourth-order valence-electron chi connectivity index (χ4n) is 2.66. The first-order valence-electron chi connectivity index (χ1n) is 8.35. The van der Waals surface area contributed by atoms with Crippen molar-refractivity contribution in [3.05, 3.63) is 18.7 Å². The Morgan fingerprint density at radius 3 is 2.52 bits per heavy atom. The van der Waals surface area contributed by atoms with Crippen molar-refractivity contribution in [3.63, 3.8) is 0 Å². The molecule has 6 nitrogen and oxygen atoms in total. The van der Waals surface area contributed by atoms with Gasteiger partial charge in [0.1, 0.15) is 0 Å². The number of ether oxygens (including phenoxy) is 1. The van der Waals surface area contributed by atoms with Crippen molar-refractivity contribution in [2.75, 3.05) is 20.2 Å². The first-order valence-corrected chi connectivity index (χ1v) is 8.35. The smallest absolute Gasteiger partial charge is 0.310 e. The predicted octanol–water partition coefficient (Wildman–Crippen LogP) is 2.35. The van der Waals surface area contributed by atoms with Gasteiger partial charge in [0.15, 0.2) is 0 Å². The SMILES string of the molecule is CCC(CC)C(=O)N(CCCn1ccnc1)CC(C)C(=O)OC. The number of rotatable bonds is 10. The van der Waals surface area contributed by atoms with Crippen molar-refractivity contribution in [1.29, 1.82) is 0 Å². The number of aromatic nitrogens is 2. The summed E-state index contributed by atoms with van der Waals surface area (Å²) in [5.41, 5.74) is 0. The van der Waals surface area contributed by atoms with Crippen LogP contribution in [0.2, 0.25) is 0 Å². The number of nitrogens with zero attached hydrogens (tertiary/aromatic N) is 3. The molecule has 0 N–H and O–H groups in total. The van der Waals surface area contributed by atoms with Crippen LogP contribution in [-0.4, -0.2) is 46.5 Å². The normalized spacial score (nSPS) is 12.2. The zero-order chi connectivity index (χ0) is 17.2. The zero-order valence-corrected chi connectivity index (χ0v) is 14.7. The second-order valence-electron chi connectivity index (χ2n) is 5.88. The summed E-state index contributed by atoms with van der Waals surface area (Å²) in [6.07, 6.45) is 7.89. The van der Waals surface area contributed by atoms with Gasteiger partial charge in [-0.15, -0.1) is 0 Å². The van der Waals surface area contributed by atoms with E-state index in [0.29, 0.717) is 13.1 Å². The molecule has 0 aromatic carbocycles. The molecule has 1 atom stereocenters. The van der Waals surface area contributed by atoms with Crippen LogP contribution in [0.5, 0.6) is 0 Å². The molecule has 23 heavy (non-hydrogen) atoms. The number of amides is 1. The fraction of sp³-hybridized carbons (Fsp3) is 0.706. The number of hydrogen-bond donors (Lipinski definition) is 0. The van der Waals surface area contributed by atoms with Crippen molar-refractivity contribution in [3.8, 4) is 0 Å². The molecule has 0 spiro atoms. The van der Waals surface area contributed by atoms with E-state index in [1.54, 1.807) is 19.4 Å². The summed E-state index contributed by atoms with van der Waals surface area (Å²) in [4.78, 5) is 30.2. The van der Waals surface area contributed by atoms with Crippen LogP contribution >= 0.6 is 0 Å². The van der Waals surface area contributed by atoms with Crippen LogP contribution in [0, 0.1) is 11.8 Å². The second-order valence-corrected chi connectivity index (χ2v) is 5.88. The monoisotopic (exact) mass is 323 g/mol. The molecule has 1 rings (SSSR count). The summed E-state index contributed by atoms with van der Waals surface area (Å²) in [5.74, 6) is -0.432. The Balaban J connectivity index is 2.66. The average Bonchev–Trinajstić information content (AvgIpc) is 3.07. The van der Waals surface area contributed by atoms with E-state index in [1.165, 1.54) is 7.11 Å². The van der Waals surface area contributed by atoms with Gasteiger partial charge in [0.2, 0.25) is 5.91 Å². The van der Waals surface area contributed by atoms with Crippen molar-refractivity contribution in [2.45, 2.75) is 46.6 Å². The summed E-state index contributed by atoms with van der Waals surface area (Å²) < 4.78 is 6.77. The van der Waals surface area contributed by atoms with E-state index < -0.39 is 0 Å². The maximum Gasteiger partial charge on any atom is 0.310 e. The van der Waals surface area contributed by atoms with Gasteiger partial charge in [-0.1, -0.05) is 20.8 Å². The Morgan fingerprint density at radius 1 is 1.30 bits per heavy atom. The number of methoxy groups -OCH3 is 1. The number of hydrogen-bond acceptors (Lipinski definition) is 4. The summed E-state index contributed by atoms with van der Waals surface area (Å²) >= 11 is 0. The topological polar surface area (TPSA) is 64.4 Å². The van der Waals surface area contributed by atoms with Crippen LogP contribution in [0.15, 0.2) is 18.7 Å². The molecule has 130 valence electrons. The molecule has 1 aromatic rings. The van der Waals surface area contributed by atoms with E-state index in [1.807, 2.05) is 29.5 Å². The second kappa shape index (κ2) is 10.0. The van der Waals surface area contributed by atoms with Crippen molar-refractivity contribution >= 4 is 11.9 Å². The lowest BCUT2D eigenvalue weighted by Gasteiger charge is -2.28. The Kier molecular flexibility index (Phi) is 8.37. The lowest BCUT2D eigenvalue weighted by Crippen LogP contribution is -2.41. The molecule has 0 saturated heterocycles. The molecule has 1 aromatic heterocycles. The number of esters is 1. The molecule has 0 bridgehead atoms. The third-order valence-corrected chi connectivity index (χ3v) is 4.15. The minimum atomic E-state index is -0.313. The molecule has 0 aliphatic carbocycles. The van der Waals surface area contributed by atoms with Gasteiger partial charge in [0.05, 0.1) is 19.4 Å². The summed E-state index contributed by atoms with van der Waals surface area (Å²) in [7, 11) is 1.38. The van der Waals surface area contributed by atoms with Gasteiger partial charge < -0.3 is 14.2 Å². The first-order chi connectivity index (χ1) is 11.0. The van der Waals surface area contributed by atoms with Crippen molar-refractivity contribution in [1.82, 2.24) is 14.5 Å². The molecule has 1 amide bonds. The molecular formula is C17H29N3O3. The zero-order valence-electron chi connectivity index (χ0n) is 14.7. The van der Waals surface area contributed by atoms with E-state index in [2.05, 4.69) is 4.98 Å². The van der Waals surface area contributed by atoms with Crippen LogP contribution in [-0.2, 0) is 20.9 Å². The van der Waals surface area contributed by atoms with Gasteiger partial charge in [0, 0.05) is 37.9 Å². The number of aryl methyl sites for hydroxylation is 1. The molecule has 1 heterocycles. The quantitative estimate of drug-likeness (QED) is 0.620. The van der Waals surface area contributed by atoms with E-state index in [-0.39, 0.29) is 23.7 Å². The van der Waals surface area contributed by atoms with Gasteiger partial charge in [-0.25, -0.2) is 4.98 Å². The highest BCUT2D eigenvalue weighted by atomic mass is 16.5. The number of carbonyl (C=O) groups is 2. The third-order valence-electron chi connectivity index (χ3n) is 4.15. The third kappa shape index (κ3) is 6.04. The Hall–Kier alpha value is -1.85. The van der Waals surface area contributed by atoms with Crippen LogP contribution < -0.4 is 0 Å². The summed E-state index contributed by atoms with van der Waals surface area (Å²) in [5, 5.41) is 0. The molecule has 0 radical (unpaired) electrons. The average molecular weight is 323 g/mol. The molecule has 0 fully saturated rings. The minimum absolute atomic E-state index is 0.0214. The molecule has 0 aliphatic rings. The van der Waals surface area contributed by atoms with E-state index in [4.69, 9.17) is 4.74 Å². The van der Waals surface area contributed by atoms with E-state index in [0.717, 1.165) is 25.8 Å². The predicted molar refractivity (Wildman–Crippen MR) is 88.7 cm³/mol. The maximum absolute atomic E-state index is 12.7. The summed E-state index contributed by atoms with van der Waals surface area (Å²) in [6.45, 7) is 7.70. The Labute approximate surface area is 138 Å². The summed E-state index contributed by atoms with van der Waals surface area (Å²) in [6, 6.07) is 0. The standard InChI is InChI=1S/C17H29N3O3/c1-5-15(6-2)16(21)20(12-14(3)17(22)23-4)10-7-9-19-11-8-18-13-19/h8,11,13-15H,5-7,9-10,12H2,1-4H3. The lowest BCUT2D eigenvalue weighted by molar-refractivity contribution is -0.147. The van der Waals surface area contributed by atoms with Crippen molar-refractivity contribution in [2.24, 2.45) is 11.8 Å². The highest BCUT2D eigenvalue weighted by Crippen LogP contribution is 2.14. The maximum atomic E-state index is 12.7. The highest BCUT2D eigenvalue weighted by molar-refractivity contribution is 5.80. The Bertz CT molecular complexity index is 469. The minimum Gasteiger partial charge on any atom is -0.469 e. The molecule has 0 aliphatic heterocycles. The van der Waals surface area contributed by atoms with Crippen LogP contribution in [0.3, 0.4) is 0 Å².